The summed E-state index contributed by atoms with van der Waals surface area (Å²) in [6, 6.07) is 0.922. The lowest BCUT2D eigenvalue weighted by Gasteiger charge is -2.25. The van der Waals surface area contributed by atoms with Gasteiger partial charge in [0, 0.05) is 12.7 Å². The van der Waals surface area contributed by atoms with Crippen molar-refractivity contribution in [3.05, 3.63) is 18.0 Å². The van der Waals surface area contributed by atoms with Gasteiger partial charge in [0.25, 0.3) is 0 Å². The zero-order chi connectivity index (χ0) is 14.7. The van der Waals surface area contributed by atoms with E-state index in [1.807, 2.05) is 0 Å². The minimum atomic E-state index is -4.43. The fraction of sp³-hybridized carbons (Fsp3) is 0.636. The highest BCUT2D eigenvalue weighted by molar-refractivity contribution is 5.84. The third-order valence-electron chi connectivity index (χ3n) is 3.09. The first-order chi connectivity index (χ1) is 8.69. The van der Waals surface area contributed by atoms with Crippen LogP contribution in [-0.2, 0) is 17.5 Å². The number of aryl methyl sites for hydroxylation is 1. The lowest BCUT2D eigenvalue weighted by atomic mass is 9.95. The number of halogens is 3. The molecule has 0 aliphatic rings. The molecule has 0 aromatic carbocycles. The van der Waals surface area contributed by atoms with E-state index in [4.69, 9.17) is 5.73 Å². The van der Waals surface area contributed by atoms with Crippen LogP contribution < -0.4 is 11.1 Å². The molecule has 1 amide bonds. The molecular formula is C11H17F3N4O. The third-order valence-corrected chi connectivity index (χ3v) is 3.09. The molecule has 0 radical (unpaired) electrons. The van der Waals surface area contributed by atoms with Gasteiger partial charge in [-0.3, -0.25) is 9.48 Å². The fourth-order valence-corrected chi connectivity index (χ4v) is 1.60. The van der Waals surface area contributed by atoms with E-state index in [0.717, 1.165) is 6.07 Å². The highest BCUT2D eigenvalue weighted by Gasteiger charge is 2.33. The lowest BCUT2D eigenvalue weighted by molar-refractivity contribution is -0.141. The maximum absolute atomic E-state index is 12.3. The highest BCUT2D eigenvalue weighted by Crippen LogP contribution is 2.27. The first kappa shape index (κ1) is 15.5. The number of hydrogen-bond donors (Lipinski definition) is 2. The normalized spacial score (nSPS) is 15.2. The minimum absolute atomic E-state index is 0.292. The Morgan fingerprint density at radius 3 is 2.58 bits per heavy atom. The van der Waals surface area contributed by atoms with Gasteiger partial charge in [0.05, 0.1) is 5.54 Å². The fourth-order valence-electron chi connectivity index (χ4n) is 1.60. The maximum atomic E-state index is 12.3. The number of carbonyl (C=O) groups excluding carboxylic acids is 1. The van der Waals surface area contributed by atoms with Gasteiger partial charge < -0.3 is 11.1 Å². The van der Waals surface area contributed by atoms with Crippen LogP contribution in [0.15, 0.2) is 12.3 Å². The molecule has 0 bridgehead atoms. The van der Waals surface area contributed by atoms with Crippen LogP contribution in [0.1, 0.15) is 25.5 Å². The molecule has 1 heterocycles. The summed E-state index contributed by atoms with van der Waals surface area (Å²) in [7, 11) is 1.61. The van der Waals surface area contributed by atoms with Crippen LogP contribution in [-0.4, -0.2) is 28.3 Å². The van der Waals surface area contributed by atoms with Gasteiger partial charge in [0.15, 0.2) is 5.69 Å². The number of aromatic nitrogens is 2. The van der Waals surface area contributed by atoms with Gasteiger partial charge in [0.2, 0.25) is 5.91 Å². The molecule has 0 aliphatic heterocycles. The SMILES string of the molecule is CNC(C)(CCCn1ccc(C(F)(F)F)n1)C(N)=O. The Hall–Kier alpha value is -1.57. The molecular weight excluding hydrogens is 261 g/mol. The lowest BCUT2D eigenvalue weighted by Crippen LogP contribution is -2.51. The van der Waals surface area contributed by atoms with Gasteiger partial charge >= 0.3 is 6.18 Å². The van der Waals surface area contributed by atoms with Gasteiger partial charge in [-0.1, -0.05) is 0 Å². The molecule has 0 aliphatic carbocycles. The van der Waals surface area contributed by atoms with Crippen molar-refractivity contribution in [3.8, 4) is 0 Å². The minimum Gasteiger partial charge on any atom is -0.368 e. The van der Waals surface area contributed by atoms with Crippen molar-refractivity contribution in [1.29, 1.82) is 0 Å². The Bertz CT molecular complexity index is 443. The van der Waals surface area contributed by atoms with Crippen molar-refractivity contribution in [2.24, 2.45) is 5.73 Å². The van der Waals surface area contributed by atoms with Gasteiger partial charge in [-0.05, 0) is 32.9 Å². The van der Waals surface area contributed by atoms with Crippen LogP contribution in [0.5, 0.6) is 0 Å². The number of nitrogens with zero attached hydrogens (tertiary/aromatic N) is 2. The first-order valence-electron chi connectivity index (χ1n) is 5.78. The average molecular weight is 278 g/mol. The van der Waals surface area contributed by atoms with Crippen LogP contribution in [0.2, 0.25) is 0 Å². The quantitative estimate of drug-likeness (QED) is 0.819. The number of likely N-dealkylation sites (N-methyl/N-ethyl adjacent to an activating group) is 1. The van der Waals surface area contributed by atoms with Crippen LogP contribution in [0.3, 0.4) is 0 Å². The number of amides is 1. The average Bonchev–Trinajstić information content (AvgIpc) is 2.77. The summed E-state index contributed by atoms with van der Waals surface area (Å²) in [6.45, 7) is 1.94. The van der Waals surface area contributed by atoms with E-state index in [-0.39, 0.29) is 0 Å². The summed E-state index contributed by atoms with van der Waals surface area (Å²) in [6.07, 6.45) is -2.26. The summed E-state index contributed by atoms with van der Waals surface area (Å²) in [4.78, 5) is 11.2. The third kappa shape index (κ3) is 3.95. The monoisotopic (exact) mass is 278 g/mol. The Labute approximate surface area is 109 Å². The second-order valence-corrected chi connectivity index (χ2v) is 4.51. The van der Waals surface area contributed by atoms with Crippen LogP contribution in [0.25, 0.3) is 0 Å². The summed E-state index contributed by atoms with van der Waals surface area (Å²) in [5.41, 5.74) is 3.47. The molecule has 8 heteroatoms. The van der Waals surface area contributed by atoms with Gasteiger partial charge in [-0.25, -0.2) is 0 Å². The first-order valence-corrected chi connectivity index (χ1v) is 5.78. The molecule has 1 aromatic rings. The zero-order valence-electron chi connectivity index (χ0n) is 10.8. The molecule has 0 saturated carbocycles. The number of nitrogens with one attached hydrogen (secondary N) is 1. The van der Waals surface area contributed by atoms with E-state index in [1.54, 1.807) is 14.0 Å². The smallest absolute Gasteiger partial charge is 0.368 e. The van der Waals surface area contributed by atoms with Gasteiger partial charge in [-0.2, -0.15) is 18.3 Å². The van der Waals surface area contributed by atoms with Crippen LogP contribution >= 0.6 is 0 Å². The summed E-state index contributed by atoms with van der Waals surface area (Å²) < 4.78 is 38.2. The van der Waals surface area contributed by atoms with E-state index in [1.165, 1.54) is 10.9 Å². The van der Waals surface area contributed by atoms with Crippen LogP contribution in [0.4, 0.5) is 13.2 Å². The molecule has 0 spiro atoms. The topological polar surface area (TPSA) is 72.9 Å². The van der Waals surface area contributed by atoms with Crippen molar-refractivity contribution < 1.29 is 18.0 Å². The summed E-state index contributed by atoms with van der Waals surface area (Å²) >= 11 is 0. The Balaban J connectivity index is 2.54. The summed E-state index contributed by atoms with van der Waals surface area (Å²) in [5, 5.41) is 6.24. The molecule has 5 nitrogen and oxygen atoms in total. The number of hydrogen-bond acceptors (Lipinski definition) is 3. The number of alkyl halides is 3. The molecule has 1 aromatic heterocycles. The number of rotatable bonds is 6. The predicted molar refractivity (Wildman–Crippen MR) is 63.1 cm³/mol. The molecule has 0 fully saturated rings. The van der Waals surface area contributed by atoms with E-state index < -0.39 is 23.3 Å². The Morgan fingerprint density at radius 2 is 2.16 bits per heavy atom. The van der Waals surface area contributed by atoms with Crippen molar-refractivity contribution in [2.75, 3.05) is 7.05 Å². The van der Waals surface area contributed by atoms with Crippen molar-refractivity contribution in [1.82, 2.24) is 15.1 Å². The van der Waals surface area contributed by atoms with Gasteiger partial charge in [0.1, 0.15) is 0 Å². The predicted octanol–water partition coefficient (Wildman–Crippen LogP) is 1.15. The van der Waals surface area contributed by atoms with E-state index in [9.17, 15) is 18.0 Å². The second-order valence-electron chi connectivity index (χ2n) is 4.51. The van der Waals surface area contributed by atoms with Gasteiger partial charge in [-0.15, -0.1) is 0 Å². The Kier molecular flexibility index (Phi) is 4.56. The van der Waals surface area contributed by atoms with Crippen molar-refractivity contribution >= 4 is 5.91 Å². The second kappa shape index (κ2) is 5.60. The molecule has 1 unspecified atom stereocenters. The maximum Gasteiger partial charge on any atom is 0.435 e. The highest BCUT2D eigenvalue weighted by atomic mass is 19.4. The molecule has 1 atom stereocenters. The Morgan fingerprint density at radius 1 is 1.53 bits per heavy atom. The molecule has 3 N–H and O–H groups in total. The van der Waals surface area contributed by atoms with Crippen LogP contribution in [0, 0.1) is 0 Å². The largest absolute Gasteiger partial charge is 0.435 e. The molecule has 19 heavy (non-hydrogen) atoms. The van der Waals surface area contributed by atoms with E-state index in [0.29, 0.717) is 19.4 Å². The summed E-state index contributed by atoms with van der Waals surface area (Å²) in [5.74, 6) is -0.494. The zero-order valence-corrected chi connectivity index (χ0v) is 10.8. The van der Waals surface area contributed by atoms with Crippen molar-refractivity contribution in [2.45, 2.75) is 38.0 Å². The standard InChI is InChI=1S/C11H17F3N4O/c1-10(16-2,9(15)19)5-3-6-18-7-4-8(17-18)11(12,13)14/h4,7,16H,3,5-6H2,1-2H3,(H2,15,19). The number of primary amides is 1. The molecule has 1 rings (SSSR count). The number of carbonyl (C=O) groups is 1. The number of nitrogens with two attached hydrogens (primary N) is 1. The van der Waals surface area contributed by atoms with E-state index in [2.05, 4.69) is 10.4 Å². The van der Waals surface area contributed by atoms with E-state index >= 15 is 0 Å². The molecule has 0 saturated heterocycles. The molecule has 108 valence electrons. The van der Waals surface area contributed by atoms with Crippen molar-refractivity contribution in [3.63, 3.8) is 0 Å².